The van der Waals surface area contributed by atoms with E-state index in [9.17, 15) is 4.79 Å². The van der Waals surface area contributed by atoms with Crippen molar-refractivity contribution in [3.8, 4) is 0 Å². The van der Waals surface area contributed by atoms with Crippen molar-refractivity contribution in [3.63, 3.8) is 0 Å². The van der Waals surface area contributed by atoms with Crippen LogP contribution in [0.15, 0.2) is 12.2 Å². The molecule has 11 heavy (non-hydrogen) atoms. The summed E-state index contributed by atoms with van der Waals surface area (Å²) in [6.07, 6.45) is 0. The van der Waals surface area contributed by atoms with Crippen LogP contribution in [-0.2, 0) is 9.53 Å². The first kappa shape index (κ1) is 10.9. The molecule has 0 N–H and O–H groups in total. The fraction of sp³-hybridized carbons (Fsp3) is 0.571. The van der Waals surface area contributed by atoms with Crippen molar-refractivity contribution in [2.45, 2.75) is 12.2 Å². The second-order valence-electron chi connectivity index (χ2n) is 2.22. The van der Waals surface area contributed by atoms with Gasteiger partial charge in [-0.05, 0) is 6.92 Å². The largest absolute Gasteiger partial charge is 0.461 e. The van der Waals surface area contributed by atoms with Crippen molar-refractivity contribution in [2.75, 3.05) is 12.4 Å². The molecule has 0 aliphatic rings. The Labute approximate surface area is 77.8 Å². The normalized spacial score (nSPS) is 12.3. The highest BCUT2D eigenvalue weighted by Gasteiger charge is 2.06. The van der Waals surface area contributed by atoms with Gasteiger partial charge in [-0.15, -0.1) is 0 Å². The van der Waals surface area contributed by atoms with Gasteiger partial charge >= 0.3 is 5.97 Å². The van der Waals surface area contributed by atoms with Crippen LogP contribution < -0.4 is 0 Å². The van der Waals surface area contributed by atoms with Gasteiger partial charge in [0.05, 0.1) is 0 Å². The van der Waals surface area contributed by atoms with Crippen molar-refractivity contribution >= 4 is 31.2 Å². The number of hydrogen-bond acceptors (Lipinski definition) is 4. The molecule has 0 amide bonds. The van der Waals surface area contributed by atoms with Crippen LogP contribution in [0.2, 0.25) is 0 Å². The molecule has 0 saturated carbocycles. The zero-order chi connectivity index (χ0) is 8.85. The smallest absolute Gasteiger partial charge is 0.333 e. The second-order valence-corrected chi connectivity index (χ2v) is 3.31. The van der Waals surface area contributed by atoms with Crippen LogP contribution in [-0.4, -0.2) is 23.6 Å². The zero-order valence-electron chi connectivity index (χ0n) is 6.41. The Kier molecular flexibility index (Phi) is 5.50. The fourth-order valence-corrected chi connectivity index (χ4v) is 0.528. The number of thiol groups is 2. The van der Waals surface area contributed by atoms with Gasteiger partial charge in [0.1, 0.15) is 6.61 Å². The average Bonchev–Trinajstić information content (AvgIpc) is 1.99. The maximum absolute atomic E-state index is 10.8. The predicted molar refractivity (Wildman–Crippen MR) is 52.4 cm³/mol. The summed E-state index contributed by atoms with van der Waals surface area (Å²) in [5.74, 6) is 0.220. The van der Waals surface area contributed by atoms with Gasteiger partial charge in [-0.1, -0.05) is 6.58 Å². The number of rotatable bonds is 4. The summed E-state index contributed by atoms with van der Waals surface area (Å²) < 4.78 is 4.79. The van der Waals surface area contributed by atoms with Crippen LogP contribution in [0.4, 0.5) is 0 Å². The van der Waals surface area contributed by atoms with Gasteiger partial charge in [0.2, 0.25) is 0 Å². The topological polar surface area (TPSA) is 26.3 Å². The lowest BCUT2D eigenvalue weighted by atomic mass is 10.4. The van der Waals surface area contributed by atoms with Crippen LogP contribution in [0.1, 0.15) is 6.92 Å². The van der Waals surface area contributed by atoms with Crippen LogP contribution in [0.3, 0.4) is 0 Å². The van der Waals surface area contributed by atoms with Gasteiger partial charge in [-0.3, -0.25) is 0 Å². The van der Waals surface area contributed by atoms with Gasteiger partial charge in [0.25, 0.3) is 0 Å². The van der Waals surface area contributed by atoms with Crippen molar-refractivity contribution < 1.29 is 9.53 Å². The Balaban J connectivity index is 3.54. The van der Waals surface area contributed by atoms with Gasteiger partial charge in [0.15, 0.2) is 0 Å². The Morgan fingerprint density at radius 3 is 2.64 bits per heavy atom. The summed E-state index contributed by atoms with van der Waals surface area (Å²) in [7, 11) is 0. The van der Waals surface area contributed by atoms with Gasteiger partial charge < -0.3 is 4.74 Å². The molecule has 0 radical (unpaired) electrons. The molecule has 1 unspecified atom stereocenters. The maximum atomic E-state index is 10.8. The third-order valence-corrected chi connectivity index (χ3v) is 2.03. The number of esters is 1. The van der Waals surface area contributed by atoms with Gasteiger partial charge in [0, 0.05) is 16.6 Å². The van der Waals surface area contributed by atoms with Gasteiger partial charge in [-0.2, -0.15) is 25.3 Å². The number of carbonyl (C=O) groups excluding carboxylic acids is 1. The van der Waals surface area contributed by atoms with E-state index in [2.05, 4.69) is 31.8 Å². The molecule has 0 aliphatic heterocycles. The van der Waals surface area contributed by atoms with E-state index in [0.717, 1.165) is 0 Å². The summed E-state index contributed by atoms with van der Waals surface area (Å²) >= 11 is 8.07. The number of carbonyl (C=O) groups is 1. The van der Waals surface area contributed by atoms with Crippen molar-refractivity contribution in [3.05, 3.63) is 12.2 Å². The lowest BCUT2D eigenvalue weighted by Crippen LogP contribution is -2.15. The molecule has 0 aliphatic carbocycles. The molecule has 0 fully saturated rings. The molecule has 2 nitrogen and oxygen atoms in total. The highest BCUT2D eigenvalue weighted by atomic mass is 32.1. The van der Waals surface area contributed by atoms with E-state index in [4.69, 9.17) is 4.74 Å². The molecule has 0 bridgehead atoms. The molecule has 0 aromatic carbocycles. The third kappa shape index (κ3) is 5.21. The summed E-state index contributed by atoms with van der Waals surface area (Å²) in [4.78, 5) is 10.8. The molecule has 1 atom stereocenters. The predicted octanol–water partition coefficient (Wildman–Crippen LogP) is 1.33. The number of ether oxygens (including phenoxy) is 1. The van der Waals surface area contributed by atoms with Crippen LogP contribution >= 0.6 is 25.3 Å². The molecule has 0 aromatic rings. The lowest BCUT2D eigenvalue weighted by molar-refractivity contribution is -0.138. The highest BCUT2D eigenvalue weighted by Crippen LogP contribution is 2.00. The zero-order valence-corrected chi connectivity index (χ0v) is 8.20. The minimum absolute atomic E-state index is 0.00151. The molecule has 64 valence electrons. The SMILES string of the molecule is C=C(C)C(=O)OCC(S)CS. The van der Waals surface area contributed by atoms with E-state index in [1.807, 2.05) is 0 Å². The molecule has 0 heterocycles. The van der Waals surface area contributed by atoms with E-state index in [1.165, 1.54) is 0 Å². The number of hydrogen-bond donors (Lipinski definition) is 2. The summed E-state index contributed by atoms with van der Waals surface area (Å²) in [5, 5.41) is 0.00151. The van der Waals surface area contributed by atoms with Crippen molar-refractivity contribution in [2.24, 2.45) is 0 Å². The molecular weight excluding hydrogens is 180 g/mol. The highest BCUT2D eigenvalue weighted by molar-refractivity contribution is 7.84. The van der Waals surface area contributed by atoms with Crippen LogP contribution in [0, 0.1) is 0 Å². The Bertz CT molecular complexity index is 157. The molecule has 0 saturated heterocycles. The Morgan fingerprint density at radius 1 is 1.73 bits per heavy atom. The van der Waals surface area contributed by atoms with E-state index in [-0.39, 0.29) is 17.8 Å². The quantitative estimate of drug-likeness (QED) is 0.399. The molecule has 0 rings (SSSR count). The van der Waals surface area contributed by atoms with E-state index < -0.39 is 0 Å². The maximum Gasteiger partial charge on any atom is 0.333 e. The van der Waals surface area contributed by atoms with E-state index in [0.29, 0.717) is 11.3 Å². The first-order valence-electron chi connectivity index (χ1n) is 3.19. The van der Waals surface area contributed by atoms with Crippen LogP contribution in [0.5, 0.6) is 0 Å². The first-order chi connectivity index (χ1) is 5.07. The molecule has 4 heteroatoms. The standard InChI is InChI=1S/C7H12O2S2/c1-5(2)7(8)9-3-6(11)4-10/h6,10-11H,1,3-4H2,2H3. The Morgan fingerprint density at radius 2 is 2.27 bits per heavy atom. The van der Waals surface area contributed by atoms with Gasteiger partial charge in [-0.25, -0.2) is 4.79 Å². The molecular formula is C7H12O2S2. The fourth-order valence-electron chi connectivity index (χ4n) is 0.348. The van der Waals surface area contributed by atoms with E-state index in [1.54, 1.807) is 6.92 Å². The minimum atomic E-state index is -0.370. The Hall–Kier alpha value is -0.0900. The average molecular weight is 192 g/mol. The third-order valence-electron chi connectivity index (χ3n) is 0.966. The summed E-state index contributed by atoms with van der Waals surface area (Å²) in [6, 6.07) is 0. The van der Waals surface area contributed by atoms with Crippen molar-refractivity contribution in [1.29, 1.82) is 0 Å². The monoisotopic (exact) mass is 192 g/mol. The van der Waals surface area contributed by atoms with Crippen molar-refractivity contribution in [1.82, 2.24) is 0 Å². The van der Waals surface area contributed by atoms with E-state index >= 15 is 0 Å². The minimum Gasteiger partial charge on any atom is -0.461 e. The molecule has 0 spiro atoms. The summed E-state index contributed by atoms with van der Waals surface area (Å²) in [6.45, 7) is 5.34. The first-order valence-corrected chi connectivity index (χ1v) is 4.34. The summed E-state index contributed by atoms with van der Waals surface area (Å²) in [5.41, 5.74) is 0.407. The lowest BCUT2D eigenvalue weighted by Gasteiger charge is -2.07. The van der Waals surface area contributed by atoms with Crippen LogP contribution in [0.25, 0.3) is 0 Å². The molecule has 0 aromatic heterocycles. The second kappa shape index (κ2) is 5.55.